The third-order valence-electron chi connectivity index (χ3n) is 4.46. The van der Waals surface area contributed by atoms with Gasteiger partial charge in [-0.15, -0.1) is 0 Å². The van der Waals surface area contributed by atoms with Gasteiger partial charge in [0, 0.05) is 43.4 Å². The van der Waals surface area contributed by atoms with E-state index in [0.717, 1.165) is 30.0 Å². The highest BCUT2D eigenvalue weighted by atomic mass is 16.1. The number of benzene rings is 1. The van der Waals surface area contributed by atoms with Crippen molar-refractivity contribution in [1.29, 1.82) is 0 Å². The minimum Gasteiger partial charge on any atom is -0.372 e. The summed E-state index contributed by atoms with van der Waals surface area (Å²) < 4.78 is 0. The van der Waals surface area contributed by atoms with Gasteiger partial charge < -0.3 is 15.5 Å². The summed E-state index contributed by atoms with van der Waals surface area (Å²) in [7, 11) is 0. The second-order valence-corrected chi connectivity index (χ2v) is 6.32. The Bertz CT molecular complexity index is 875. The largest absolute Gasteiger partial charge is 0.372 e. The highest BCUT2D eigenvalue weighted by Crippen LogP contribution is 2.21. The molecule has 1 aromatic carbocycles. The van der Waals surface area contributed by atoms with Crippen LogP contribution in [0.1, 0.15) is 29.9 Å². The Balaban J connectivity index is 1.57. The molecule has 0 unspecified atom stereocenters. The van der Waals surface area contributed by atoms with Gasteiger partial charge >= 0.3 is 0 Å². The van der Waals surface area contributed by atoms with Crippen LogP contribution < -0.4 is 15.5 Å². The Morgan fingerprint density at radius 2 is 1.71 bits per heavy atom. The second-order valence-electron chi connectivity index (χ2n) is 6.32. The van der Waals surface area contributed by atoms with E-state index in [9.17, 15) is 4.79 Å². The molecule has 0 atom stereocenters. The maximum absolute atomic E-state index is 12.2. The van der Waals surface area contributed by atoms with Crippen LogP contribution in [0.25, 0.3) is 0 Å². The summed E-state index contributed by atoms with van der Waals surface area (Å²) >= 11 is 0. The standard InChI is InChI=1S/C22H25N5O/c1-3-27(4-2)20-10-7-18(8-11-20)26-19-9-12-21(24-16-19)22(28)25-15-17-6-5-13-23-14-17/h5-14,16,26H,3-4,15H2,1-2H3,(H,25,28). The molecule has 0 aliphatic rings. The molecule has 3 rings (SSSR count). The van der Waals surface area contributed by atoms with E-state index >= 15 is 0 Å². The number of hydrogen-bond acceptors (Lipinski definition) is 5. The molecule has 3 aromatic rings. The molecule has 2 N–H and O–H groups in total. The van der Waals surface area contributed by atoms with Crippen molar-refractivity contribution in [2.24, 2.45) is 0 Å². The van der Waals surface area contributed by atoms with Crippen molar-refractivity contribution < 1.29 is 4.79 Å². The first-order chi connectivity index (χ1) is 13.7. The Hall–Kier alpha value is -3.41. The lowest BCUT2D eigenvalue weighted by molar-refractivity contribution is 0.0946. The lowest BCUT2D eigenvalue weighted by atomic mass is 10.2. The third-order valence-corrected chi connectivity index (χ3v) is 4.46. The molecule has 0 aliphatic heterocycles. The second kappa shape index (κ2) is 9.50. The molecule has 0 spiro atoms. The average molecular weight is 375 g/mol. The maximum atomic E-state index is 12.2. The molecule has 0 saturated carbocycles. The Morgan fingerprint density at radius 3 is 2.32 bits per heavy atom. The summed E-state index contributed by atoms with van der Waals surface area (Å²) in [6, 6.07) is 15.6. The molecule has 0 saturated heterocycles. The van der Waals surface area contributed by atoms with Crippen LogP contribution in [0.2, 0.25) is 0 Å². The SMILES string of the molecule is CCN(CC)c1ccc(Nc2ccc(C(=O)NCc3cccnc3)nc2)cc1. The molecule has 6 nitrogen and oxygen atoms in total. The molecule has 144 valence electrons. The topological polar surface area (TPSA) is 70.2 Å². The fraction of sp³-hybridized carbons (Fsp3) is 0.227. The number of nitrogens with one attached hydrogen (secondary N) is 2. The van der Waals surface area contributed by atoms with Gasteiger partial charge in [0.25, 0.3) is 5.91 Å². The smallest absolute Gasteiger partial charge is 0.270 e. The van der Waals surface area contributed by atoms with Gasteiger partial charge in [0.15, 0.2) is 0 Å². The predicted molar refractivity (Wildman–Crippen MR) is 113 cm³/mol. The van der Waals surface area contributed by atoms with Crippen molar-refractivity contribution in [3.8, 4) is 0 Å². The number of aromatic nitrogens is 2. The zero-order valence-corrected chi connectivity index (χ0v) is 16.2. The van der Waals surface area contributed by atoms with Gasteiger partial charge in [-0.25, -0.2) is 4.98 Å². The normalized spacial score (nSPS) is 10.4. The van der Waals surface area contributed by atoms with Crippen LogP contribution in [0, 0.1) is 0 Å². The maximum Gasteiger partial charge on any atom is 0.270 e. The van der Waals surface area contributed by atoms with E-state index < -0.39 is 0 Å². The average Bonchev–Trinajstić information content (AvgIpc) is 2.75. The summed E-state index contributed by atoms with van der Waals surface area (Å²) in [5, 5.41) is 6.15. The lowest BCUT2D eigenvalue weighted by Gasteiger charge is -2.21. The van der Waals surface area contributed by atoms with Gasteiger partial charge in [0.1, 0.15) is 5.69 Å². The van der Waals surface area contributed by atoms with Crippen molar-refractivity contribution >= 4 is 23.0 Å². The lowest BCUT2D eigenvalue weighted by Crippen LogP contribution is -2.23. The van der Waals surface area contributed by atoms with Gasteiger partial charge in [0.2, 0.25) is 0 Å². The molecule has 28 heavy (non-hydrogen) atoms. The monoisotopic (exact) mass is 375 g/mol. The first-order valence-corrected chi connectivity index (χ1v) is 9.44. The molecular weight excluding hydrogens is 350 g/mol. The molecule has 0 aliphatic carbocycles. The van der Waals surface area contributed by atoms with Crippen LogP contribution >= 0.6 is 0 Å². The molecule has 2 aromatic heterocycles. The summed E-state index contributed by atoms with van der Waals surface area (Å²) in [5.41, 5.74) is 4.34. The molecule has 0 fully saturated rings. The van der Waals surface area contributed by atoms with E-state index in [1.54, 1.807) is 24.7 Å². The first-order valence-electron chi connectivity index (χ1n) is 9.44. The van der Waals surface area contributed by atoms with Crippen LogP contribution in [-0.2, 0) is 6.54 Å². The minimum atomic E-state index is -0.209. The number of carbonyl (C=O) groups excluding carboxylic acids is 1. The van der Waals surface area contributed by atoms with Crippen molar-refractivity contribution in [3.63, 3.8) is 0 Å². The summed E-state index contributed by atoms with van der Waals surface area (Å²) in [6.45, 7) is 6.69. The van der Waals surface area contributed by atoms with Crippen LogP contribution in [0.4, 0.5) is 17.1 Å². The van der Waals surface area contributed by atoms with Crippen LogP contribution in [-0.4, -0.2) is 29.0 Å². The predicted octanol–water partition coefficient (Wildman–Crippen LogP) is 4.00. The van der Waals surface area contributed by atoms with Crippen LogP contribution in [0.3, 0.4) is 0 Å². The number of nitrogens with zero attached hydrogens (tertiary/aromatic N) is 3. The van der Waals surface area contributed by atoms with E-state index in [1.807, 2.05) is 30.3 Å². The summed E-state index contributed by atoms with van der Waals surface area (Å²) in [5.74, 6) is -0.209. The zero-order valence-electron chi connectivity index (χ0n) is 16.2. The molecule has 1 amide bonds. The Kier molecular flexibility index (Phi) is 6.57. The molecule has 6 heteroatoms. The van der Waals surface area contributed by atoms with Crippen LogP contribution in [0.5, 0.6) is 0 Å². The van der Waals surface area contributed by atoms with Crippen molar-refractivity contribution in [2.75, 3.05) is 23.3 Å². The van der Waals surface area contributed by atoms with Gasteiger partial charge in [-0.2, -0.15) is 0 Å². The zero-order chi connectivity index (χ0) is 19.8. The fourth-order valence-corrected chi connectivity index (χ4v) is 2.89. The highest BCUT2D eigenvalue weighted by molar-refractivity contribution is 5.92. The van der Waals surface area contributed by atoms with E-state index in [1.165, 1.54) is 5.69 Å². The first kappa shape index (κ1) is 19.4. The van der Waals surface area contributed by atoms with E-state index in [2.05, 4.69) is 51.5 Å². The summed E-state index contributed by atoms with van der Waals surface area (Å²) in [6.07, 6.45) is 5.10. The quantitative estimate of drug-likeness (QED) is 0.623. The number of pyridine rings is 2. The van der Waals surface area contributed by atoms with Crippen molar-refractivity contribution in [2.45, 2.75) is 20.4 Å². The number of amides is 1. The minimum absolute atomic E-state index is 0.209. The van der Waals surface area contributed by atoms with E-state index in [-0.39, 0.29) is 5.91 Å². The molecule has 0 bridgehead atoms. The van der Waals surface area contributed by atoms with Crippen molar-refractivity contribution in [1.82, 2.24) is 15.3 Å². The van der Waals surface area contributed by atoms with Gasteiger partial charge in [-0.3, -0.25) is 9.78 Å². The number of rotatable bonds is 8. The van der Waals surface area contributed by atoms with E-state index in [4.69, 9.17) is 0 Å². The highest BCUT2D eigenvalue weighted by Gasteiger charge is 2.07. The fourth-order valence-electron chi connectivity index (χ4n) is 2.89. The molecule has 0 radical (unpaired) electrons. The van der Waals surface area contributed by atoms with Gasteiger partial charge in [-0.1, -0.05) is 6.07 Å². The summed E-state index contributed by atoms with van der Waals surface area (Å²) in [4.78, 5) is 22.8. The number of anilines is 3. The molecule has 2 heterocycles. The van der Waals surface area contributed by atoms with Gasteiger partial charge in [-0.05, 0) is 61.9 Å². The Morgan fingerprint density at radius 1 is 0.964 bits per heavy atom. The van der Waals surface area contributed by atoms with E-state index in [0.29, 0.717) is 12.2 Å². The van der Waals surface area contributed by atoms with Gasteiger partial charge in [0.05, 0.1) is 11.9 Å². The molecular formula is C22H25N5O. The third kappa shape index (κ3) is 5.07. The number of carbonyl (C=O) groups is 1. The number of hydrogen-bond donors (Lipinski definition) is 2. The van der Waals surface area contributed by atoms with Crippen molar-refractivity contribution in [3.05, 3.63) is 78.4 Å². The van der Waals surface area contributed by atoms with Crippen LogP contribution in [0.15, 0.2) is 67.1 Å². The Labute approximate surface area is 165 Å².